The van der Waals surface area contributed by atoms with Crippen LogP contribution in [0.1, 0.15) is 71.6 Å². The Kier molecular flexibility index (Phi) is 9.19. The van der Waals surface area contributed by atoms with Crippen molar-refractivity contribution in [3.8, 4) is 0 Å². The van der Waals surface area contributed by atoms with E-state index in [9.17, 15) is 9.59 Å². The van der Waals surface area contributed by atoms with Crippen LogP contribution in [0.3, 0.4) is 0 Å². The number of rotatable bonds is 12. The summed E-state index contributed by atoms with van der Waals surface area (Å²) in [5.74, 6) is -0.496. The minimum Gasteiger partial charge on any atom is -0.490 e. The summed E-state index contributed by atoms with van der Waals surface area (Å²) in [6.07, 6.45) is 9.38. The van der Waals surface area contributed by atoms with E-state index in [0.29, 0.717) is 6.42 Å². The van der Waals surface area contributed by atoms with E-state index >= 15 is 0 Å². The predicted molar refractivity (Wildman–Crippen MR) is 97.0 cm³/mol. The number of carbonyl (C=O) groups is 2. The molecule has 1 rings (SSSR count). The van der Waals surface area contributed by atoms with E-state index < -0.39 is 5.41 Å². The van der Waals surface area contributed by atoms with Crippen LogP contribution in [0, 0.1) is 11.3 Å². The predicted octanol–water partition coefficient (Wildman–Crippen LogP) is 3.79. The fourth-order valence-electron chi connectivity index (χ4n) is 3.54. The smallest absolute Gasteiger partial charge is 0.208 e. The summed E-state index contributed by atoms with van der Waals surface area (Å²) in [7, 11) is 2.81. The molecule has 1 unspecified atom stereocenters. The summed E-state index contributed by atoms with van der Waals surface area (Å²) >= 11 is 0. The second-order valence-corrected chi connectivity index (χ2v) is 7.37. The van der Waals surface area contributed by atoms with Crippen LogP contribution in [0.4, 0.5) is 0 Å². The molecule has 0 spiro atoms. The fraction of sp³-hybridized carbons (Fsp3) is 0.800. The van der Waals surface area contributed by atoms with Gasteiger partial charge < -0.3 is 14.6 Å². The van der Waals surface area contributed by atoms with Crippen LogP contribution < -0.4 is 0 Å². The van der Waals surface area contributed by atoms with Gasteiger partial charge in [0.2, 0.25) is 23.1 Å². The third-order valence-electron chi connectivity index (χ3n) is 5.22. The minimum atomic E-state index is -0.755. The number of allylic oxidation sites excluding steroid dienone is 2. The zero-order valence-corrected chi connectivity index (χ0v) is 16.2. The van der Waals surface area contributed by atoms with Crippen molar-refractivity contribution < 1.29 is 24.2 Å². The standard InChI is InChI=1S/C20H34O5/c1-20(2)15(13-11-9-7-5-6-8-10-12-14-21)16(22)17(24-3)18(25-4)19(20)23/h15,21H,5-14H2,1-4H3. The molecule has 0 heterocycles. The van der Waals surface area contributed by atoms with Gasteiger partial charge in [-0.15, -0.1) is 0 Å². The molecule has 1 N–H and O–H groups in total. The molecule has 0 fully saturated rings. The normalized spacial score (nSPS) is 20.1. The first-order chi connectivity index (χ1) is 11.9. The van der Waals surface area contributed by atoms with Crippen molar-refractivity contribution in [3.05, 3.63) is 11.5 Å². The van der Waals surface area contributed by atoms with E-state index in [0.717, 1.165) is 32.1 Å². The van der Waals surface area contributed by atoms with E-state index in [1.54, 1.807) is 0 Å². The Morgan fingerprint density at radius 1 is 0.840 bits per heavy atom. The summed E-state index contributed by atoms with van der Waals surface area (Å²) in [5.41, 5.74) is -0.755. The van der Waals surface area contributed by atoms with Gasteiger partial charge in [-0.05, 0) is 12.8 Å². The molecule has 0 saturated heterocycles. The maximum absolute atomic E-state index is 12.7. The van der Waals surface area contributed by atoms with Crippen molar-refractivity contribution in [2.75, 3.05) is 20.8 Å². The summed E-state index contributed by atoms with van der Waals surface area (Å²) < 4.78 is 10.3. The number of Topliss-reactive ketones (excluding diaryl/α,β-unsaturated/α-hetero) is 2. The van der Waals surface area contributed by atoms with Gasteiger partial charge in [-0.1, -0.05) is 58.8 Å². The lowest BCUT2D eigenvalue weighted by atomic mass is 9.67. The van der Waals surface area contributed by atoms with E-state index in [1.165, 1.54) is 33.5 Å². The summed E-state index contributed by atoms with van der Waals surface area (Å²) in [6.45, 7) is 3.93. The van der Waals surface area contributed by atoms with E-state index in [1.807, 2.05) is 13.8 Å². The Morgan fingerprint density at radius 3 is 1.80 bits per heavy atom. The van der Waals surface area contributed by atoms with Gasteiger partial charge in [-0.3, -0.25) is 9.59 Å². The van der Waals surface area contributed by atoms with Gasteiger partial charge >= 0.3 is 0 Å². The molecule has 5 heteroatoms. The molecule has 0 bridgehead atoms. The van der Waals surface area contributed by atoms with Gasteiger partial charge in [0.25, 0.3) is 0 Å². The fourth-order valence-corrected chi connectivity index (χ4v) is 3.54. The second-order valence-electron chi connectivity index (χ2n) is 7.37. The Balaban J connectivity index is 2.48. The van der Waals surface area contributed by atoms with Crippen LogP contribution in [0.5, 0.6) is 0 Å². The largest absolute Gasteiger partial charge is 0.490 e. The van der Waals surface area contributed by atoms with Crippen molar-refractivity contribution in [2.24, 2.45) is 11.3 Å². The maximum atomic E-state index is 12.7. The molecule has 0 amide bonds. The third kappa shape index (κ3) is 5.56. The van der Waals surface area contributed by atoms with Gasteiger partial charge in [-0.2, -0.15) is 0 Å². The molecule has 1 aliphatic rings. The highest BCUT2D eigenvalue weighted by atomic mass is 16.5. The monoisotopic (exact) mass is 354 g/mol. The van der Waals surface area contributed by atoms with Crippen molar-refractivity contribution in [2.45, 2.75) is 71.6 Å². The van der Waals surface area contributed by atoms with Crippen LogP contribution in [0.2, 0.25) is 0 Å². The van der Waals surface area contributed by atoms with Crippen LogP contribution >= 0.6 is 0 Å². The van der Waals surface area contributed by atoms with Gasteiger partial charge in [0.1, 0.15) is 0 Å². The average molecular weight is 354 g/mol. The molecule has 0 aromatic rings. The number of aliphatic hydroxyl groups excluding tert-OH is 1. The van der Waals surface area contributed by atoms with Gasteiger partial charge in [-0.25, -0.2) is 0 Å². The van der Waals surface area contributed by atoms with Crippen LogP contribution in [0.15, 0.2) is 11.5 Å². The van der Waals surface area contributed by atoms with Crippen molar-refractivity contribution in [1.82, 2.24) is 0 Å². The molecular weight excluding hydrogens is 320 g/mol. The van der Waals surface area contributed by atoms with E-state index in [2.05, 4.69) is 0 Å². The summed E-state index contributed by atoms with van der Waals surface area (Å²) in [6, 6.07) is 0. The highest BCUT2D eigenvalue weighted by molar-refractivity contribution is 6.13. The van der Waals surface area contributed by atoms with Gasteiger partial charge in [0, 0.05) is 17.9 Å². The zero-order chi connectivity index (χ0) is 18.9. The highest BCUT2D eigenvalue weighted by Gasteiger charge is 2.50. The van der Waals surface area contributed by atoms with Gasteiger partial charge in [0.05, 0.1) is 14.2 Å². The lowest BCUT2D eigenvalue weighted by molar-refractivity contribution is -0.141. The molecule has 1 atom stereocenters. The molecule has 0 saturated carbocycles. The average Bonchev–Trinajstić information content (AvgIpc) is 2.59. The number of hydrogen-bond acceptors (Lipinski definition) is 5. The van der Waals surface area contributed by atoms with Crippen molar-refractivity contribution in [1.29, 1.82) is 0 Å². The first-order valence-electron chi connectivity index (χ1n) is 9.43. The molecule has 0 radical (unpaired) electrons. The third-order valence-corrected chi connectivity index (χ3v) is 5.22. The van der Waals surface area contributed by atoms with Crippen LogP contribution in [0.25, 0.3) is 0 Å². The number of carbonyl (C=O) groups excluding carboxylic acids is 2. The first-order valence-corrected chi connectivity index (χ1v) is 9.43. The lowest BCUT2D eigenvalue weighted by Crippen LogP contribution is -2.45. The van der Waals surface area contributed by atoms with E-state index in [4.69, 9.17) is 14.6 Å². The Bertz CT molecular complexity index is 478. The molecule has 25 heavy (non-hydrogen) atoms. The van der Waals surface area contributed by atoms with Crippen LogP contribution in [-0.4, -0.2) is 37.5 Å². The zero-order valence-electron chi connectivity index (χ0n) is 16.2. The summed E-state index contributed by atoms with van der Waals surface area (Å²) in [4.78, 5) is 25.3. The maximum Gasteiger partial charge on any atom is 0.208 e. The van der Waals surface area contributed by atoms with Crippen molar-refractivity contribution >= 4 is 11.6 Å². The molecule has 1 aliphatic carbocycles. The van der Waals surface area contributed by atoms with Crippen LogP contribution in [-0.2, 0) is 19.1 Å². The minimum absolute atomic E-state index is 0.0524. The number of hydrogen-bond donors (Lipinski definition) is 1. The molecule has 0 aromatic heterocycles. The Labute approximate surface area is 151 Å². The molecular formula is C20H34O5. The molecule has 0 aliphatic heterocycles. The van der Waals surface area contributed by atoms with Gasteiger partial charge in [0.15, 0.2) is 0 Å². The van der Waals surface area contributed by atoms with Crippen molar-refractivity contribution in [3.63, 3.8) is 0 Å². The highest BCUT2D eigenvalue weighted by Crippen LogP contribution is 2.41. The number of ether oxygens (including phenoxy) is 2. The Hall–Kier alpha value is -1.36. The molecule has 144 valence electrons. The molecule has 0 aromatic carbocycles. The lowest BCUT2D eigenvalue weighted by Gasteiger charge is -2.36. The number of aliphatic hydroxyl groups is 1. The number of ketones is 2. The number of methoxy groups -OCH3 is 2. The van der Waals surface area contributed by atoms with E-state index in [-0.39, 0.29) is 35.6 Å². The Morgan fingerprint density at radius 2 is 1.32 bits per heavy atom. The first kappa shape index (κ1) is 21.7. The molecule has 5 nitrogen and oxygen atoms in total. The second kappa shape index (κ2) is 10.6. The SMILES string of the molecule is COC1=C(OC)C(=O)C(C)(C)C(CCCCCCCCCCO)C1=O. The summed E-state index contributed by atoms with van der Waals surface area (Å²) in [5, 5.41) is 8.74. The topological polar surface area (TPSA) is 72.8 Å². The quantitative estimate of drug-likeness (QED) is 0.540. The number of unbranched alkanes of at least 4 members (excludes halogenated alkanes) is 7.